The predicted molar refractivity (Wildman–Crippen MR) is 101 cm³/mol. The molecule has 0 atom stereocenters. The van der Waals surface area contributed by atoms with Gasteiger partial charge in [0.2, 0.25) is 0 Å². The topological polar surface area (TPSA) is 167 Å². The maximum atomic E-state index is 10.4. The summed E-state index contributed by atoms with van der Waals surface area (Å²) in [5.41, 5.74) is 0.493. The van der Waals surface area contributed by atoms with Crippen molar-refractivity contribution in [1.29, 1.82) is 0 Å². The molecule has 0 fully saturated rings. The van der Waals surface area contributed by atoms with Gasteiger partial charge < -0.3 is 9.67 Å². The molecular weight excluding hydrogens is 386 g/mol. The van der Waals surface area contributed by atoms with Crippen LogP contribution in [0.3, 0.4) is 0 Å². The molecule has 2 aromatic carbocycles. The van der Waals surface area contributed by atoms with Gasteiger partial charge in [0.1, 0.15) is 0 Å². The molecule has 12 heteroatoms. The number of aromatic nitrogens is 2. The van der Waals surface area contributed by atoms with E-state index in [1.54, 1.807) is 0 Å². The van der Waals surface area contributed by atoms with E-state index in [0.717, 1.165) is 5.69 Å². The highest BCUT2D eigenvalue weighted by atomic mass is 16.6. The number of aromatic hydroxyl groups is 1. The number of hydrogen-bond donors (Lipinski definition) is 1. The molecule has 0 aliphatic heterocycles. The Morgan fingerprint density at radius 1 is 0.931 bits per heavy atom. The Kier molecular flexibility index (Phi) is 6.19. The monoisotopic (exact) mass is 401 g/mol. The zero-order chi connectivity index (χ0) is 21.7. The largest absolute Gasteiger partial charge is 0.497 e. The molecule has 0 aliphatic rings. The van der Waals surface area contributed by atoms with Gasteiger partial charge >= 0.3 is 11.4 Å². The van der Waals surface area contributed by atoms with Gasteiger partial charge in [-0.2, -0.15) is 0 Å². The molecule has 0 amide bonds. The van der Waals surface area contributed by atoms with Crippen molar-refractivity contribution in [2.75, 3.05) is 0 Å². The molecule has 0 spiro atoms. The predicted octanol–water partition coefficient (Wildman–Crippen LogP) is 3.51. The highest BCUT2D eigenvalue weighted by Crippen LogP contribution is 2.38. The van der Waals surface area contributed by atoms with Gasteiger partial charge in [-0.25, -0.2) is 4.98 Å². The number of rotatable bonds is 4. The lowest BCUT2D eigenvalue weighted by atomic mass is 10.1. The van der Waals surface area contributed by atoms with Crippen LogP contribution in [-0.2, 0) is 7.05 Å². The SMILES string of the molecule is Cc1ncn(C)c1-c1ccccc1.O=[N+]([O-])c1cc([N+](=O)[O-])c(O)c([N+](=O)[O-])c1. The van der Waals surface area contributed by atoms with Gasteiger partial charge in [0.25, 0.3) is 11.4 Å². The Balaban J connectivity index is 0.000000211. The minimum Gasteiger partial charge on any atom is -0.497 e. The fourth-order valence-corrected chi connectivity index (χ4v) is 2.53. The summed E-state index contributed by atoms with van der Waals surface area (Å²) in [4.78, 5) is 32.0. The van der Waals surface area contributed by atoms with Crippen molar-refractivity contribution in [1.82, 2.24) is 9.55 Å². The zero-order valence-electron chi connectivity index (χ0n) is 15.3. The number of hydrogen-bond acceptors (Lipinski definition) is 8. The van der Waals surface area contributed by atoms with E-state index in [-0.39, 0.29) is 0 Å². The maximum Gasteiger partial charge on any atom is 0.324 e. The number of nitrogens with zero attached hydrogens (tertiary/aromatic N) is 5. The molecule has 3 aromatic rings. The van der Waals surface area contributed by atoms with Gasteiger partial charge in [-0.15, -0.1) is 0 Å². The summed E-state index contributed by atoms with van der Waals surface area (Å²) < 4.78 is 2.05. The van der Waals surface area contributed by atoms with Gasteiger partial charge in [0.15, 0.2) is 0 Å². The maximum absolute atomic E-state index is 10.4. The Morgan fingerprint density at radius 2 is 1.45 bits per heavy atom. The van der Waals surface area contributed by atoms with Crippen molar-refractivity contribution in [3.8, 4) is 17.0 Å². The van der Waals surface area contributed by atoms with E-state index in [0.29, 0.717) is 12.1 Å². The minimum absolute atomic E-state index is 0.447. The molecule has 1 N–H and O–H groups in total. The number of phenolic OH excluding ortho intramolecular Hbond substituents is 1. The van der Waals surface area contributed by atoms with Gasteiger partial charge in [-0.05, 0) is 6.92 Å². The lowest BCUT2D eigenvalue weighted by Gasteiger charge is -2.02. The fraction of sp³-hybridized carbons (Fsp3) is 0.118. The zero-order valence-corrected chi connectivity index (χ0v) is 15.3. The third-order valence-electron chi connectivity index (χ3n) is 3.83. The average Bonchev–Trinajstić information content (AvgIpc) is 3.00. The lowest BCUT2D eigenvalue weighted by molar-refractivity contribution is -0.404. The second-order valence-electron chi connectivity index (χ2n) is 5.76. The first-order valence-corrected chi connectivity index (χ1v) is 7.97. The summed E-state index contributed by atoms with van der Waals surface area (Å²) in [6.07, 6.45) is 1.84. The van der Waals surface area contributed by atoms with E-state index in [4.69, 9.17) is 5.11 Å². The van der Waals surface area contributed by atoms with Gasteiger partial charge in [-0.3, -0.25) is 30.3 Å². The average molecular weight is 401 g/mol. The van der Waals surface area contributed by atoms with Crippen molar-refractivity contribution >= 4 is 17.1 Å². The molecule has 1 heterocycles. The van der Waals surface area contributed by atoms with Crippen LogP contribution in [0.5, 0.6) is 5.75 Å². The minimum atomic E-state index is -1.21. The van der Waals surface area contributed by atoms with E-state index in [2.05, 4.69) is 17.1 Å². The number of phenols is 1. The van der Waals surface area contributed by atoms with Crippen LogP contribution in [0, 0.1) is 37.3 Å². The molecule has 29 heavy (non-hydrogen) atoms. The summed E-state index contributed by atoms with van der Waals surface area (Å²) in [6.45, 7) is 2.03. The first-order valence-electron chi connectivity index (χ1n) is 7.97. The third-order valence-corrected chi connectivity index (χ3v) is 3.83. The van der Waals surface area contributed by atoms with Crippen molar-refractivity contribution in [3.05, 3.63) is 84.8 Å². The second kappa shape index (κ2) is 8.56. The number of benzene rings is 2. The number of nitro groups is 3. The number of nitro benzene ring substituents is 3. The first kappa shape index (κ1) is 21.0. The van der Waals surface area contributed by atoms with Crippen molar-refractivity contribution < 1.29 is 19.9 Å². The molecular formula is C17H15N5O7. The standard InChI is InChI=1S/C11H12N2.C6H3N3O7/c1-9-11(13(2)8-12-9)10-6-4-3-5-7-10;10-6-4(8(13)14)1-3(7(11)12)2-5(6)9(15)16/h3-8H,1-2H3;1-2,10H. The molecule has 1 aromatic heterocycles. The Hall–Kier alpha value is -4.35. The molecule has 12 nitrogen and oxygen atoms in total. The summed E-state index contributed by atoms with van der Waals surface area (Å²) in [5, 5.41) is 40.2. The smallest absolute Gasteiger partial charge is 0.324 e. The molecule has 3 rings (SSSR count). The number of imidazole rings is 1. The molecule has 150 valence electrons. The highest BCUT2D eigenvalue weighted by Gasteiger charge is 2.30. The van der Waals surface area contributed by atoms with Crippen LogP contribution in [0.2, 0.25) is 0 Å². The summed E-state index contributed by atoms with van der Waals surface area (Å²) >= 11 is 0. The van der Waals surface area contributed by atoms with Crippen LogP contribution in [-0.4, -0.2) is 29.4 Å². The van der Waals surface area contributed by atoms with Gasteiger partial charge in [0, 0.05) is 12.6 Å². The van der Waals surface area contributed by atoms with Crippen LogP contribution < -0.4 is 0 Å². The van der Waals surface area contributed by atoms with Gasteiger partial charge in [0.05, 0.1) is 44.6 Å². The van der Waals surface area contributed by atoms with Crippen LogP contribution >= 0.6 is 0 Å². The van der Waals surface area contributed by atoms with E-state index in [9.17, 15) is 30.3 Å². The number of non-ortho nitro benzene ring substituents is 1. The first-order chi connectivity index (χ1) is 13.6. The Morgan fingerprint density at radius 3 is 1.83 bits per heavy atom. The van der Waals surface area contributed by atoms with Crippen molar-refractivity contribution in [3.63, 3.8) is 0 Å². The molecule has 0 unspecified atom stereocenters. The van der Waals surface area contributed by atoms with Crippen LogP contribution in [0.1, 0.15) is 5.69 Å². The van der Waals surface area contributed by atoms with E-state index in [1.165, 1.54) is 11.3 Å². The Bertz CT molecular complexity index is 1020. The van der Waals surface area contributed by atoms with Crippen LogP contribution in [0.15, 0.2) is 48.8 Å². The summed E-state index contributed by atoms with van der Waals surface area (Å²) in [5.74, 6) is -1.21. The van der Waals surface area contributed by atoms with Crippen molar-refractivity contribution in [2.24, 2.45) is 7.05 Å². The molecule has 0 bridgehead atoms. The number of aryl methyl sites for hydroxylation is 2. The third kappa shape index (κ3) is 4.68. The Labute approximate surface area is 163 Å². The van der Waals surface area contributed by atoms with E-state index < -0.39 is 37.6 Å². The second-order valence-corrected chi connectivity index (χ2v) is 5.76. The van der Waals surface area contributed by atoms with E-state index in [1.807, 2.05) is 43.1 Å². The summed E-state index contributed by atoms with van der Waals surface area (Å²) in [6, 6.07) is 11.2. The molecule has 0 aliphatic carbocycles. The fourth-order valence-electron chi connectivity index (χ4n) is 2.53. The normalized spacial score (nSPS) is 10.0. The van der Waals surface area contributed by atoms with Crippen molar-refractivity contribution in [2.45, 2.75) is 6.92 Å². The molecule has 0 radical (unpaired) electrons. The molecule has 0 saturated carbocycles. The quantitative estimate of drug-likeness (QED) is 0.511. The highest BCUT2D eigenvalue weighted by molar-refractivity contribution is 5.64. The lowest BCUT2D eigenvalue weighted by Crippen LogP contribution is -1.97. The van der Waals surface area contributed by atoms with E-state index >= 15 is 0 Å². The van der Waals surface area contributed by atoms with Gasteiger partial charge in [-0.1, -0.05) is 30.3 Å². The summed E-state index contributed by atoms with van der Waals surface area (Å²) in [7, 11) is 2.02. The van der Waals surface area contributed by atoms with Crippen LogP contribution in [0.25, 0.3) is 11.3 Å². The van der Waals surface area contributed by atoms with Crippen LogP contribution in [0.4, 0.5) is 17.1 Å². The molecule has 0 saturated heterocycles.